The van der Waals surface area contributed by atoms with Crippen molar-refractivity contribution < 1.29 is 14.3 Å². The standard InChI is InChI=1S/C20H22N2O3/c1-25-18-10-6-5-7-14(18)11-12-21-19(23)16-13-17(16)20(24)22-15-8-3-2-4-9-15/h2-10,16-17H,11-13H2,1H3,(H,21,23)(H,22,24). The summed E-state index contributed by atoms with van der Waals surface area (Å²) in [6.07, 6.45) is 1.31. The first-order valence-corrected chi connectivity index (χ1v) is 8.44. The number of ether oxygens (including phenoxy) is 1. The molecule has 0 radical (unpaired) electrons. The van der Waals surface area contributed by atoms with Crippen LogP contribution in [0.15, 0.2) is 54.6 Å². The predicted octanol–water partition coefficient (Wildman–Crippen LogP) is 2.63. The van der Waals surface area contributed by atoms with Gasteiger partial charge in [0.1, 0.15) is 5.75 Å². The normalized spacial score (nSPS) is 18.3. The second-order valence-corrected chi connectivity index (χ2v) is 6.16. The van der Waals surface area contributed by atoms with Crippen LogP contribution in [-0.4, -0.2) is 25.5 Å². The third-order valence-electron chi connectivity index (χ3n) is 4.39. The van der Waals surface area contributed by atoms with E-state index in [-0.39, 0.29) is 23.7 Å². The lowest BCUT2D eigenvalue weighted by molar-refractivity contribution is -0.125. The number of hydrogen-bond donors (Lipinski definition) is 2. The maximum absolute atomic E-state index is 12.2. The molecule has 0 saturated heterocycles. The first kappa shape index (κ1) is 17.0. The molecule has 5 heteroatoms. The van der Waals surface area contributed by atoms with E-state index >= 15 is 0 Å². The zero-order valence-electron chi connectivity index (χ0n) is 14.2. The number of para-hydroxylation sites is 2. The molecule has 2 amide bonds. The Kier molecular flexibility index (Phi) is 5.33. The molecular formula is C20H22N2O3. The third kappa shape index (κ3) is 4.38. The van der Waals surface area contributed by atoms with E-state index in [0.29, 0.717) is 19.4 Å². The molecule has 1 aliphatic rings. The third-order valence-corrected chi connectivity index (χ3v) is 4.39. The number of methoxy groups -OCH3 is 1. The molecular weight excluding hydrogens is 316 g/mol. The van der Waals surface area contributed by atoms with Crippen LogP contribution >= 0.6 is 0 Å². The van der Waals surface area contributed by atoms with Crippen molar-refractivity contribution in [3.05, 3.63) is 60.2 Å². The van der Waals surface area contributed by atoms with Gasteiger partial charge in [-0.1, -0.05) is 36.4 Å². The SMILES string of the molecule is COc1ccccc1CCNC(=O)C1CC1C(=O)Nc1ccccc1. The molecule has 130 valence electrons. The number of rotatable bonds is 7. The Hall–Kier alpha value is -2.82. The smallest absolute Gasteiger partial charge is 0.228 e. The Morgan fingerprint density at radius 3 is 2.44 bits per heavy atom. The molecule has 1 fully saturated rings. The summed E-state index contributed by atoms with van der Waals surface area (Å²) in [7, 11) is 1.64. The van der Waals surface area contributed by atoms with Crippen molar-refractivity contribution in [3.63, 3.8) is 0 Å². The van der Waals surface area contributed by atoms with Crippen molar-refractivity contribution >= 4 is 17.5 Å². The molecule has 2 aromatic rings. The minimum Gasteiger partial charge on any atom is -0.496 e. The molecule has 2 aromatic carbocycles. The minimum absolute atomic E-state index is 0.0527. The molecule has 0 bridgehead atoms. The van der Waals surface area contributed by atoms with E-state index in [1.807, 2.05) is 54.6 Å². The average Bonchev–Trinajstić information content (AvgIpc) is 3.44. The van der Waals surface area contributed by atoms with E-state index in [1.165, 1.54) is 0 Å². The highest BCUT2D eigenvalue weighted by atomic mass is 16.5. The van der Waals surface area contributed by atoms with Crippen LogP contribution in [0.3, 0.4) is 0 Å². The Balaban J connectivity index is 1.43. The molecule has 1 saturated carbocycles. The first-order valence-electron chi connectivity index (χ1n) is 8.44. The number of benzene rings is 2. The Morgan fingerprint density at radius 1 is 1.00 bits per heavy atom. The second-order valence-electron chi connectivity index (χ2n) is 6.16. The summed E-state index contributed by atoms with van der Waals surface area (Å²) in [6, 6.07) is 17.1. The Morgan fingerprint density at radius 2 is 1.68 bits per heavy atom. The Bertz CT molecular complexity index is 746. The highest BCUT2D eigenvalue weighted by Crippen LogP contribution is 2.39. The average molecular weight is 338 g/mol. The lowest BCUT2D eigenvalue weighted by atomic mass is 10.1. The maximum atomic E-state index is 12.2. The van der Waals surface area contributed by atoms with Gasteiger partial charge < -0.3 is 15.4 Å². The summed E-state index contributed by atoms with van der Waals surface area (Å²) in [5, 5.41) is 5.77. The fourth-order valence-corrected chi connectivity index (χ4v) is 2.89. The van der Waals surface area contributed by atoms with Gasteiger partial charge in [-0.05, 0) is 36.6 Å². The molecule has 0 aromatic heterocycles. The van der Waals surface area contributed by atoms with Crippen LogP contribution in [0.2, 0.25) is 0 Å². The highest BCUT2D eigenvalue weighted by Gasteiger charge is 2.47. The van der Waals surface area contributed by atoms with Gasteiger partial charge in [0.25, 0.3) is 0 Å². The predicted molar refractivity (Wildman–Crippen MR) is 96.4 cm³/mol. The van der Waals surface area contributed by atoms with Crippen molar-refractivity contribution in [2.45, 2.75) is 12.8 Å². The van der Waals surface area contributed by atoms with Crippen molar-refractivity contribution in [2.75, 3.05) is 19.0 Å². The highest BCUT2D eigenvalue weighted by molar-refractivity contribution is 5.99. The van der Waals surface area contributed by atoms with Gasteiger partial charge in [0.05, 0.1) is 18.9 Å². The van der Waals surface area contributed by atoms with E-state index in [0.717, 1.165) is 17.0 Å². The number of amides is 2. The van der Waals surface area contributed by atoms with Crippen LogP contribution in [0.25, 0.3) is 0 Å². The van der Waals surface area contributed by atoms with Crippen LogP contribution < -0.4 is 15.4 Å². The van der Waals surface area contributed by atoms with Crippen LogP contribution in [-0.2, 0) is 16.0 Å². The molecule has 0 spiro atoms. The minimum atomic E-state index is -0.230. The van der Waals surface area contributed by atoms with Gasteiger partial charge in [0, 0.05) is 12.2 Å². The molecule has 1 aliphatic carbocycles. The topological polar surface area (TPSA) is 67.4 Å². The van der Waals surface area contributed by atoms with Gasteiger partial charge in [-0.15, -0.1) is 0 Å². The van der Waals surface area contributed by atoms with Crippen molar-refractivity contribution in [1.29, 1.82) is 0 Å². The van der Waals surface area contributed by atoms with Gasteiger partial charge in [0.2, 0.25) is 11.8 Å². The maximum Gasteiger partial charge on any atom is 0.228 e. The van der Waals surface area contributed by atoms with Gasteiger partial charge in [-0.25, -0.2) is 0 Å². The number of carbonyl (C=O) groups excluding carboxylic acids is 2. The van der Waals surface area contributed by atoms with Gasteiger partial charge in [-0.2, -0.15) is 0 Å². The van der Waals surface area contributed by atoms with E-state index in [9.17, 15) is 9.59 Å². The zero-order valence-corrected chi connectivity index (χ0v) is 14.2. The van der Waals surface area contributed by atoms with Crippen LogP contribution in [0.1, 0.15) is 12.0 Å². The summed E-state index contributed by atoms with van der Waals surface area (Å²) in [6.45, 7) is 0.530. The van der Waals surface area contributed by atoms with E-state index in [1.54, 1.807) is 7.11 Å². The quantitative estimate of drug-likeness (QED) is 0.815. The molecule has 2 unspecified atom stereocenters. The van der Waals surface area contributed by atoms with Crippen molar-refractivity contribution in [2.24, 2.45) is 11.8 Å². The Labute approximate surface area is 147 Å². The van der Waals surface area contributed by atoms with Crippen LogP contribution in [0, 0.1) is 11.8 Å². The summed E-state index contributed by atoms with van der Waals surface area (Å²) < 4.78 is 5.30. The number of carbonyl (C=O) groups is 2. The zero-order chi connectivity index (χ0) is 17.6. The molecule has 3 rings (SSSR count). The van der Waals surface area contributed by atoms with Crippen LogP contribution in [0.5, 0.6) is 5.75 Å². The number of nitrogens with one attached hydrogen (secondary N) is 2. The summed E-state index contributed by atoms with van der Waals surface area (Å²) in [5.41, 5.74) is 1.81. The van der Waals surface area contributed by atoms with Crippen molar-refractivity contribution in [1.82, 2.24) is 5.32 Å². The van der Waals surface area contributed by atoms with E-state index in [2.05, 4.69) is 10.6 Å². The fraction of sp³-hybridized carbons (Fsp3) is 0.300. The molecule has 5 nitrogen and oxygen atoms in total. The number of anilines is 1. The van der Waals surface area contributed by atoms with E-state index in [4.69, 9.17) is 4.74 Å². The summed E-state index contributed by atoms with van der Waals surface area (Å²) >= 11 is 0. The summed E-state index contributed by atoms with van der Waals surface area (Å²) in [5.74, 6) is 0.232. The van der Waals surface area contributed by atoms with Crippen molar-refractivity contribution in [3.8, 4) is 5.75 Å². The van der Waals surface area contributed by atoms with Gasteiger partial charge in [-0.3, -0.25) is 9.59 Å². The monoisotopic (exact) mass is 338 g/mol. The molecule has 0 aliphatic heterocycles. The first-order chi connectivity index (χ1) is 12.2. The van der Waals surface area contributed by atoms with Gasteiger partial charge >= 0.3 is 0 Å². The number of hydrogen-bond acceptors (Lipinski definition) is 3. The second kappa shape index (κ2) is 7.83. The molecule has 2 N–H and O–H groups in total. The molecule has 2 atom stereocenters. The van der Waals surface area contributed by atoms with Gasteiger partial charge in [0.15, 0.2) is 0 Å². The molecule has 0 heterocycles. The molecule has 25 heavy (non-hydrogen) atoms. The largest absolute Gasteiger partial charge is 0.496 e. The fourth-order valence-electron chi connectivity index (χ4n) is 2.89. The lowest BCUT2D eigenvalue weighted by Gasteiger charge is -2.09. The van der Waals surface area contributed by atoms with Crippen LogP contribution in [0.4, 0.5) is 5.69 Å². The van der Waals surface area contributed by atoms with E-state index < -0.39 is 0 Å². The lowest BCUT2D eigenvalue weighted by Crippen LogP contribution is -2.29. The summed E-state index contributed by atoms with van der Waals surface area (Å²) in [4.78, 5) is 24.4.